The van der Waals surface area contributed by atoms with E-state index in [0.29, 0.717) is 17.7 Å². The minimum Gasteiger partial charge on any atom is -0.393 e. The van der Waals surface area contributed by atoms with Crippen molar-refractivity contribution in [3.8, 4) is 5.69 Å². The summed E-state index contributed by atoms with van der Waals surface area (Å²) in [5.74, 6) is -0.288. The molecule has 0 aliphatic heterocycles. The maximum absolute atomic E-state index is 12.5. The summed E-state index contributed by atoms with van der Waals surface area (Å²) in [5.41, 5.74) is 9.41. The van der Waals surface area contributed by atoms with Crippen molar-refractivity contribution in [1.29, 1.82) is 0 Å². The number of aliphatic hydroxyl groups is 1. The maximum Gasteiger partial charge on any atom is 0.250 e. The number of nitrogens with zero attached hydrogens (tertiary/aromatic N) is 1. The molecule has 1 amide bonds. The van der Waals surface area contributed by atoms with Gasteiger partial charge in [0.15, 0.2) is 5.78 Å². The standard InChI is InChI=1S/C23H29N3O3/c1-23(2)12-20-18(21(28)13-23)9-10-26(20)15-5-8-17(22(24)29)19(11-15)25-14-3-6-16(27)7-4-14/h5,8-11,14,16,25,27H,3-4,6-7,12-13H2,1-2H3,(H2,24,29). The lowest BCUT2D eigenvalue weighted by atomic mass is 9.76. The largest absolute Gasteiger partial charge is 0.393 e. The van der Waals surface area contributed by atoms with Gasteiger partial charge in [0.2, 0.25) is 0 Å². The molecule has 1 saturated carbocycles. The maximum atomic E-state index is 12.5. The molecular weight excluding hydrogens is 366 g/mol. The molecule has 6 nitrogen and oxygen atoms in total. The van der Waals surface area contributed by atoms with Crippen LogP contribution in [0.4, 0.5) is 5.69 Å². The minimum absolute atomic E-state index is 0.0721. The molecule has 6 heteroatoms. The molecule has 4 N–H and O–H groups in total. The minimum atomic E-state index is -0.472. The monoisotopic (exact) mass is 395 g/mol. The molecule has 0 unspecified atom stereocenters. The van der Waals surface area contributed by atoms with Gasteiger partial charge in [-0.05, 0) is 61.8 Å². The number of carbonyl (C=O) groups is 2. The number of nitrogens with one attached hydrogen (secondary N) is 1. The highest BCUT2D eigenvalue weighted by Crippen LogP contribution is 2.37. The smallest absolute Gasteiger partial charge is 0.250 e. The molecule has 1 aromatic carbocycles. The van der Waals surface area contributed by atoms with E-state index in [-0.39, 0.29) is 23.3 Å². The second kappa shape index (κ2) is 7.34. The van der Waals surface area contributed by atoms with Gasteiger partial charge in [-0.25, -0.2) is 0 Å². The average molecular weight is 396 g/mol. The molecule has 0 spiro atoms. The zero-order valence-corrected chi connectivity index (χ0v) is 17.1. The Morgan fingerprint density at radius 3 is 2.59 bits per heavy atom. The van der Waals surface area contributed by atoms with Gasteiger partial charge in [0, 0.05) is 41.3 Å². The summed E-state index contributed by atoms with van der Waals surface area (Å²) in [6.07, 6.45) is 6.30. The zero-order chi connectivity index (χ0) is 20.8. The third-order valence-corrected chi connectivity index (χ3v) is 6.18. The summed E-state index contributed by atoms with van der Waals surface area (Å²) in [6.45, 7) is 4.23. The van der Waals surface area contributed by atoms with Gasteiger partial charge in [0.05, 0.1) is 11.7 Å². The summed E-state index contributed by atoms with van der Waals surface area (Å²) < 4.78 is 2.05. The van der Waals surface area contributed by atoms with Crippen molar-refractivity contribution in [2.45, 2.75) is 64.5 Å². The molecule has 0 radical (unpaired) electrons. The molecule has 29 heavy (non-hydrogen) atoms. The summed E-state index contributed by atoms with van der Waals surface area (Å²) in [4.78, 5) is 24.5. The SMILES string of the molecule is CC1(C)CC(=O)c2ccn(-c3ccc(C(N)=O)c(NC4CCC(O)CC4)c3)c2C1. The molecular formula is C23H29N3O3. The molecule has 2 aliphatic carbocycles. The van der Waals surface area contributed by atoms with Crippen LogP contribution in [0.15, 0.2) is 30.5 Å². The number of Topliss-reactive ketones (excluding diaryl/α,β-unsaturated/α-hetero) is 1. The van der Waals surface area contributed by atoms with Crippen LogP contribution < -0.4 is 11.1 Å². The Labute approximate surface area is 171 Å². The van der Waals surface area contributed by atoms with Crippen LogP contribution in [0.25, 0.3) is 5.69 Å². The molecule has 0 bridgehead atoms. The van der Waals surface area contributed by atoms with E-state index in [2.05, 4.69) is 23.7 Å². The number of aromatic nitrogens is 1. The quantitative estimate of drug-likeness (QED) is 0.739. The predicted octanol–water partition coefficient (Wildman–Crippen LogP) is 3.45. The van der Waals surface area contributed by atoms with Gasteiger partial charge in [-0.3, -0.25) is 9.59 Å². The van der Waals surface area contributed by atoms with Gasteiger partial charge in [0.1, 0.15) is 0 Å². The first-order valence-corrected chi connectivity index (χ1v) is 10.4. The molecule has 1 aromatic heterocycles. The number of rotatable bonds is 4. The van der Waals surface area contributed by atoms with Gasteiger partial charge in [-0.2, -0.15) is 0 Å². The van der Waals surface area contributed by atoms with Gasteiger partial charge in [0.25, 0.3) is 5.91 Å². The molecule has 0 atom stereocenters. The van der Waals surface area contributed by atoms with Gasteiger partial charge >= 0.3 is 0 Å². The number of aliphatic hydroxyl groups excluding tert-OH is 1. The van der Waals surface area contributed by atoms with Crippen molar-refractivity contribution in [2.75, 3.05) is 5.32 Å². The van der Waals surface area contributed by atoms with E-state index in [0.717, 1.165) is 49.0 Å². The number of ketones is 1. The third-order valence-electron chi connectivity index (χ3n) is 6.18. The lowest BCUT2D eigenvalue weighted by Gasteiger charge is -2.30. The van der Waals surface area contributed by atoms with E-state index in [1.807, 2.05) is 24.4 Å². The molecule has 0 saturated heterocycles. The fraction of sp³-hybridized carbons (Fsp3) is 0.478. The normalized spacial score (nSPS) is 23.5. The summed E-state index contributed by atoms with van der Waals surface area (Å²) >= 11 is 0. The van der Waals surface area contributed by atoms with Crippen LogP contribution in [0.1, 0.15) is 72.4 Å². The van der Waals surface area contributed by atoms with Crippen molar-refractivity contribution >= 4 is 17.4 Å². The lowest BCUT2D eigenvalue weighted by molar-refractivity contribution is 0.0910. The number of hydrogen-bond donors (Lipinski definition) is 3. The van der Waals surface area contributed by atoms with Crippen LogP contribution in [0.3, 0.4) is 0 Å². The number of amides is 1. The highest BCUT2D eigenvalue weighted by molar-refractivity contribution is 6.00. The Morgan fingerprint density at radius 1 is 1.17 bits per heavy atom. The second-order valence-electron chi connectivity index (χ2n) is 9.23. The van der Waals surface area contributed by atoms with E-state index >= 15 is 0 Å². The molecule has 4 rings (SSSR count). The molecule has 2 aliphatic rings. The number of nitrogens with two attached hydrogens (primary N) is 1. The van der Waals surface area contributed by atoms with Crippen LogP contribution in [-0.4, -0.2) is 33.5 Å². The first-order valence-electron chi connectivity index (χ1n) is 10.4. The summed E-state index contributed by atoms with van der Waals surface area (Å²) in [7, 11) is 0. The highest BCUT2D eigenvalue weighted by Gasteiger charge is 2.33. The van der Waals surface area contributed by atoms with Crippen LogP contribution in [0, 0.1) is 5.41 Å². The number of hydrogen-bond acceptors (Lipinski definition) is 4. The Kier molecular flexibility index (Phi) is 4.99. The number of anilines is 1. The Hall–Kier alpha value is -2.60. The number of primary amides is 1. The second-order valence-corrected chi connectivity index (χ2v) is 9.23. The van der Waals surface area contributed by atoms with Crippen LogP contribution in [-0.2, 0) is 6.42 Å². The average Bonchev–Trinajstić information content (AvgIpc) is 3.06. The van der Waals surface area contributed by atoms with E-state index in [1.54, 1.807) is 6.07 Å². The van der Waals surface area contributed by atoms with Gasteiger partial charge in [-0.1, -0.05) is 13.8 Å². The Balaban J connectivity index is 1.69. The highest BCUT2D eigenvalue weighted by atomic mass is 16.3. The summed E-state index contributed by atoms with van der Waals surface area (Å²) in [6, 6.07) is 7.66. The zero-order valence-electron chi connectivity index (χ0n) is 17.1. The van der Waals surface area contributed by atoms with E-state index < -0.39 is 5.91 Å². The van der Waals surface area contributed by atoms with Crippen molar-refractivity contribution in [3.63, 3.8) is 0 Å². The first kappa shape index (κ1) is 19.7. The van der Waals surface area contributed by atoms with Crippen molar-refractivity contribution in [2.24, 2.45) is 11.1 Å². The third kappa shape index (κ3) is 3.94. The predicted molar refractivity (Wildman–Crippen MR) is 113 cm³/mol. The fourth-order valence-corrected chi connectivity index (χ4v) is 4.64. The van der Waals surface area contributed by atoms with Crippen molar-refractivity contribution in [3.05, 3.63) is 47.3 Å². The van der Waals surface area contributed by atoms with Gasteiger partial charge < -0.3 is 20.7 Å². The molecule has 1 fully saturated rings. The fourth-order valence-electron chi connectivity index (χ4n) is 4.64. The number of carbonyl (C=O) groups excluding carboxylic acids is 2. The lowest BCUT2D eigenvalue weighted by Crippen LogP contribution is -2.29. The van der Waals surface area contributed by atoms with Crippen LogP contribution in [0.5, 0.6) is 0 Å². The molecule has 1 heterocycles. The summed E-state index contributed by atoms with van der Waals surface area (Å²) in [5, 5.41) is 13.2. The van der Waals surface area contributed by atoms with Crippen LogP contribution >= 0.6 is 0 Å². The van der Waals surface area contributed by atoms with Crippen molar-refractivity contribution in [1.82, 2.24) is 4.57 Å². The number of fused-ring (bicyclic) bond motifs is 1. The number of benzene rings is 1. The molecule has 2 aromatic rings. The Bertz CT molecular complexity index is 952. The molecule has 154 valence electrons. The van der Waals surface area contributed by atoms with E-state index in [4.69, 9.17) is 5.73 Å². The van der Waals surface area contributed by atoms with Crippen LogP contribution in [0.2, 0.25) is 0 Å². The van der Waals surface area contributed by atoms with E-state index in [1.165, 1.54) is 0 Å². The Morgan fingerprint density at radius 2 is 1.90 bits per heavy atom. The van der Waals surface area contributed by atoms with E-state index in [9.17, 15) is 14.7 Å². The topological polar surface area (TPSA) is 97.4 Å². The first-order chi connectivity index (χ1) is 13.7. The van der Waals surface area contributed by atoms with Crippen molar-refractivity contribution < 1.29 is 14.7 Å². The van der Waals surface area contributed by atoms with Gasteiger partial charge in [-0.15, -0.1) is 0 Å².